The first kappa shape index (κ1) is 20.0. The molecule has 0 radical (unpaired) electrons. The van der Waals surface area contributed by atoms with Gasteiger partial charge >= 0.3 is 0 Å². The highest BCUT2D eigenvalue weighted by Gasteiger charge is 2.13. The second-order valence-corrected chi connectivity index (χ2v) is 7.26. The minimum absolute atomic E-state index is 0.708. The summed E-state index contributed by atoms with van der Waals surface area (Å²) in [6, 6.07) is 33.7. The fraction of sp³-hybridized carbons (Fsp3) is 0.185. The number of aromatic nitrogens is 2. The second kappa shape index (κ2) is 10.5. The third kappa shape index (κ3) is 5.19. The molecule has 3 heteroatoms. The highest BCUT2D eigenvalue weighted by molar-refractivity contribution is 5.56. The van der Waals surface area contributed by atoms with Crippen molar-refractivity contribution in [3.05, 3.63) is 109 Å². The van der Waals surface area contributed by atoms with Crippen LogP contribution in [0.4, 0.5) is 0 Å². The Bertz CT molecular complexity index is 961. The van der Waals surface area contributed by atoms with Gasteiger partial charge in [-0.15, -0.1) is 0 Å². The molecule has 2 heterocycles. The van der Waals surface area contributed by atoms with E-state index in [2.05, 4.69) is 113 Å². The largest absolute Gasteiger partial charge is 0.375 e. The number of hydrogen-bond donors (Lipinski definition) is 0. The smallest absolute Gasteiger partial charge is 0.212 e. The summed E-state index contributed by atoms with van der Waals surface area (Å²) in [7, 11) is 0. The molecule has 30 heavy (non-hydrogen) atoms. The van der Waals surface area contributed by atoms with Crippen LogP contribution in [0.5, 0.6) is 0 Å². The molecule has 0 aliphatic rings. The summed E-state index contributed by atoms with van der Waals surface area (Å²) in [6.07, 6.45) is 5.26. The summed E-state index contributed by atoms with van der Waals surface area (Å²) >= 11 is 0. The maximum absolute atomic E-state index is 5.96. The maximum atomic E-state index is 5.96. The molecule has 0 saturated heterocycles. The fourth-order valence-corrected chi connectivity index (χ4v) is 3.69. The van der Waals surface area contributed by atoms with E-state index in [0.29, 0.717) is 6.61 Å². The van der Waals surface area contributed by atoms with E-state index in [1.807, 2.05) is 6.07 Å². The quantitative estimate of drug-likeness (QED) is 0.296. The lowest BCUT2D eigenvalue weighted by atomic mass is 10.1. The molecule has 2 aromatic heterocycles. The highest BCUT2D eigenvalue weighted by atomic mass is 16.5. The summed E-state index contributed by atoms with van der Waals surface area (Å²) < 4.78 is 10.5. The molecule has 0 atom stereocenters. The van der Waals surface area contributed by atoms with E-state index in [-0.39, 0.29) is 0 Å². The SMILES string of the molecule is c1ccc(-c2cccc[n+]2CCCOCC[n+]2ccccc2-c2ccccc2)cc1. The van der Waals surface area contributed by atoms with Gasteiger partial charge in [0.2, 0.25) is 11.4 Å². The van der Waals surface area contributed by atoms with Gasteiger partial charge < -0.3 is 4.74 Å². The standard InChI is InChI=1S/C27H28N2O/c1-3-12-24(13-4-1)26-16-7-9-18-28(26)20-11-22-30-23-21-29-19-10-8-17-27(29)25-14-5-2-6-15-25/h1-10,12-19H,11,20-23H2/q+2. The minimum Gasteiger partial charge on any atom is -0.375 e. The Morgan fingerprint density at radius 1 is 0.500 bits per heavy atom. The summed E-state index contributed by atoms with van der Waals surface area (Å²) in [5.74, 6) is 0. The zero-order valence-electron chi connectivity index (χ0n) is 17.2. The Kier molecular flexibility index (Phi) is 6.98. The molecule has 0 amide bonds. The van der Waals surface area contributed by atoms with E-state index >= 15 is 0 Å². The molecule has 2 aromatic carbocycles. The van der Waals surface area contributed by atoms with Gasteiger partial charge in [-0.1, -0.05) is 36.4 Å². The Hall–Kier alpha value is -3.30. The van der Waals surface area contributed by atoms with Crippen molar-refractivity contribution in [3.63, 3.8) is 0 Å². The summed E-state index contributed by atoms with van der Waals surface area (Å²) in [4.78, 5) is 0. The fourth-order valence-electron chi connectivity index (χ4n) is 3.69. The van der Waals surface area contributed by atoms with Crippen molar-refractivity contribution in [1.29, 1.82) is 0 Å². The van der Waals surface area contributed by atoms with Gasteiger partial charge in [-0.3, -0.25) is 0 Å². The molecular weight excluding hydrogens is 368 g/mol. The number of pyridine rings is 2. The average Bonchev–Trinajstić information content (AvgIpc) is 2.83. The molecular formula is C27H28N2O+2. The van der Waals surface area contributed by atoms with Crippen molar-refractivity contribution in [2.75, 3.05) is 13.2 Å². The van der Waals surface area contributed by atoms with Crippen LogP contribution < -0.4 is 9.13 Å². The van der Waals surface area contributed by atoms with Gasteiger partial charge in [0.1, 0.15) is 6.61 Å². The van der Waals surface area contributed by atoms with Crippen LogP contribution in [-0.4, -0.2) is 13.2 Å². The Balaban J connectivity index is 1.28. The second-order valence-electron chi connectivity index (χ2n) is 7.26. The van der Waals surface area contributed by atoms with Gasteiger partial charge in [0.15, 0.2) is 25.5 Å². The van der Waals surface area contributed by atoms with Gasteiger partial charge in [0.25, 0.3) is 0 Å². The first-order valence-electron chi connectivity index (χ1n) is 10.6. The van der Waals surface area contributed by atoms with E-state index < -0.39 is 0 Å². The molecule has 0 aliphatic carbocycles. The molecule has 0 saturated carbocycles. The van der Waals surface area contributed by atoms with E-state index in [9.17, 15) is 0 Å². The number of ether oxygens (including phenoxy) is 1. The monoisotopic (exact) mass is 396 g/mol. The first-order chi connectivity index (χ1) is 14.9. The number of rotatable bonds is 9. The van der Waals surface area contributed by atoms with Crippen LogP contribution in [0, 0.1) is 0 Å². The molecule has 150 valence electrons. The molecule has 3 nitrogen and oxygen atoms in total. The van der Waals surface area contributed by atoms with Gasteiger partial charge in [0, 0.05) is 41.8 Å². The number of nitrogens with zero attached hydrogens (tertiary/aromatic N) is 2. The number of aryl methyl sites for hydroxylation is 1. The summed E-state index contributed by atoms with van der Waals surface area (Å²) in [6.45, 7) is 3.25. The topological polar surface area (TPSA) is 17.0 Å². The summed E-state index contributed by atoms with van der Waals surface area (Å²) in [5.41, 5.74) is 4.93. The van der Waals surface area contributed by atoms with Crippen molar-refractivity contribution in [3.8, 4) is 22.5 Å². The molecule has 0 spiro atoms. The van der Waals surface area contributed by atoms with E-state index in [1.165, 1.54) is 22.5 Å². The molecule has 4 rings (SSSR count). The van der Waals surface area contributed by atoms with Gasteiger partial charge in [-0.25, -0.2) is 0 Å². The predicted molar refractivity (Wildman–Crippen MR) is 120 cm³/mol. The van der Waals surface area contributed by atoms with Crippen LogP contribution in [0.3, 0.4) is 0 Å². The molecule has 0 aliphatic heterocycles. The molecule has 0 N–H and O–H groups in total. The Morgan fingerprint density at radius 3 is 1.57 bits per heavy atom. The van der Waals surface area contributed by atoms with Gasteiger partial charge in [-0.05, 0) is 36.4 Å². The minimum atomic E-state index is 0.708. The van der Waals surface area contributed by atoms with Crippen LogP contribution in [0.2, 0.25) is 0 Å². The van der Waals surface area contributed by atoms with Crippen LogP contribution in [0.15, 0.2) is 109 Å². The molecule has 0 bridgehead atoms. The van der Waals surface area contributed by atoms with E-state index in [1.54, 1.807) is 0 Å². The predicted octanol–water partition coefficient (Wildman–Crippen LogP) is 4.70. The van der Waals surface area contributed by atoms with Crippen molar-refractivity contribution >= 4 is 0 Å². The molecule has 4 aromatic rings. The maximum Gasteiger partial charge on any atom is 0.212 e. The molecule has 0 unspecified atom stereocenters. The number of benzene rings is 2. The third-order valence-corrected chi connectivity index (χ3v) is 5.18. The number of hydrogen-bond acceptors (Lipinski definition) is 1. The van der Waals surface area contributed by atoms with Crippen molar-refractivity contribution < 1.29 is 13.9 Å². The van der Waals surface area contributed by atoms with Crippen molar-refractivity contribution in [2.24, 2.45) is 0 Å². The van der Waals surface area contributed by atoms with Crippen LogP contribution >= 0.6 is 0 Å². The van der Waals surface area contributed by atoms with E-state index in [0.717, 1.165) is 26.1 Å². The lowest BCUT2D eigenvalue weighted by Gasteiger charge is -2.06. The van der Waals surface area contributed by atoms with Crippen LogP contribution in [-0.2, 0) is 17.8 Å². The Labute approximate surface area is 178 Å². The Morgan fingerprint density at radius 2 is 1.00 bits per heavy atom. The van der Waals surface area contributed by atoms with Gasteiger partial charge in [0.05, 0.1) is 6.61 Å². The lowest BCUT2D eigenvalue weighted by Crippen LogP contribution is -2.38. The van der Waals surface area contributed by atoms with Gasteiger partial charge in [-0.2, -0.15) is 9.13 Å². The lowest BCUT2D eigenvalue weighted by molar-refractivity contribution is -0.690. The van der Waals surface area contributed by atoms with E-state index in [4.69, 9.17) is 4.74 Å². The van der Waals surface area contributed by atoms with Crippen LogP contribution in [0.1, 0.15) is 6.42 Å². The summed E-state index contributed by atoms with van der Waals surface area (Å²) in [5, 5.41) is 0. The molecule has 0 fully saturated rings. The zero-order chi connectivity index (χ0) is 20.4. The average molecular weight is 397 g/mol. The normalized spacial score (nSPS) is 10.8. The highest BCUT2D eigenvalue weighted by Crippen LogP contribution is 2.15. The van der Waals surface area contributed by atoms with Crippen molar-refractivity contribution in [2.45, 2.75) is 19.5 Å². The van der Waals surface area contributed by atoms with Crippen LogP contribution in [0.25, 0.3) is 22.5 Å². The first-order valence-corrected chi connectivity index (χ1v) is 10.6. The zero-order valence-corrected chi connectivity index (χ0v) is 17.2. The van der Waals surface area contributed by atoms with Crippen molar-refractivity contribution in [1.82, 2.24) is 0 Å². The third-order valence-electron chi connectivity index (χ3n) is 5.18.